The van der Waals surface area contributed by atoms with Crippen molar-refractivity contribution in [3.63, 3.8) is 0 Å². The van der Waals surface area contributed by atoms with Gasteiger partial charge in [0.15, 0.2) is 0 Å². The predicted molar refractivity (Wildman–Crippen MR) is 78.2 cm³/mol. The van der Waals surface area contributed by atoms with Crippen LogP contribution in [0, 0.1) is 18.3 Å². The minimum atomic E-state index is -3.74. The van der Waals surface area contributed by atoms with E-state index in [9.17, 15) is 8.42 Å². The molecule has 2 rings (SSSR count). The lowest BCUT2D eigenvalue weighted by Crippen LogP contribution is -2.14. The Morgan fingerprint density at radius 3 is 2.40 bits per heavy atom. The van der Waals surface area contributed by atoms with Crippen molar-refractivity contribution in [3.8, 4) is 6.07 Å². The van der Waals surface area contributed by atoms with E-state index < -0.39 is 10.0 Å². The smallest absolute Gasteiger partial charge is 0.261 e. The summed E-state index contributed by atoms with van der Waals surface area (Å²) in [7, 11) is -3.74. The van der Waals surface area contributed by atoms with E-state index >= 15 is 0 Å². The van der Waals surface area contributed by atoms with Gasteiger partial charge in [0, 0.05) is 5.02 Å². The van der Waals surface area contributed by atoms with Gasteiger partial charge in [-0.1, -0.05) is 23.7 Å². The molecule has 20 heavy (non-hydrogen) atoms. The van der Waals surface area contributed by atoms with Crippen molar-refractivity contribution in [2.75, 3.05) is 4.72 Å². The minimum absolute atomic E-state index is 0.0901. The van der Waals surface area contributed by atoms with Crippen LogP contribution in [-0.2, 0) is 10.0 Å². The number of nitriles is 1. The fourth-order valence-electron chi connectivity index (χ4n) is 1.72. The van der Waals surface area contributed by atoms with E-state index in [4.69, 9.17) is 16.9 Å². The van der Waals surface area contributed by atoms with E-state index in [-0.39, 0.29) is 10.6 Å². The van der Waals surface area contributed by atoms with Crippen molar-refractivity contribution in [1.82, 2.24) is 0 Å². The van der Waals surface area contributed by atoms with Gasteiger partial charge in [-0.3, -0.25) is 4.72 Å². The van der Waals surface area contributed by atoms with Crippen molar-refractivity contribution in [3.05, 3.63) is 58.6 Å². The molecule has 6 heteroatoms. The summed E-state index contributed by atoms with van der Waals surface area (Å²) in [5, 5.41) is 9.56. The van der Waals surface area contributed by atoms with Crippen molar-refractivity contribution < 1.29 is 8.42 Å². The molecule has 0 aromatic heterocycles. The molecule has 0 amide bonds. The quantitative estimate of drug-likeness (QED) is 0.945. The fraction of sp³-hybridized carbons (Fsp3) is 0.0714. The molecular weight excluding hydrogens is 296 g/mol. The second kappa shape index (κ2) is 5.53. The van der Waals surface area contributed by atoms with Gasteiger partial charge < -0.3 is 0 Å². The van der Waals surface area contributed by atoms with Crippen LogP contribution >= 0.6 is 11.6 Å². The molecule has 0 radical (unpaired) electrons. The van der Waals surface area contributed by atoms with E-state index in [0.29, 0.717) is 16.1 Å². The standard InChI is InChI=1S/C14H11ClN2O2S/c1-10-3-2-4-14(13(10)9-16)17-20(18,19)12-7-5-11(15)6-8-12/h2-8,17H,1H3. The highest BCUT2D eigenvalue weighted by Gasteiger charge is 2.16. The topological polar surface area (TPSA) is 70.0 Å². The van der Waals surface area contributed by atoms with Gasteiger partial charge in [0.2, 0.25) is 0 Å². The molecule has 102 valence electrons. The van der Waals surface area contributed by atoms with Crippen LogP contribution < -0.4 is 4.72 Å². The lowest BCUT2D eigenvalue weighted by Gasteiger charge is -2.10. The SMILES string of the molecule is Cc1cccc(NS(=O)(=O)c2ccc(Cl)cc2)c1C#N. The Morgan fingerprint density at radius 2 is 1.80 bits per heavy atom. The second-order valence-corrected chi connectivity index (χ2v) is 6.29. The minimum Gasteiger partial charge on any atom is -0.278 e. The summed E-state index contributed by atoms with van der Waals surface area (Å²) in [5.74, 6) is 0. The summed E-state index contributed by atoms with van der Waals surface area (Å²) < 4.78 is 26.9. The van der Waals surface area contributed by atoms with Crippen LogP contribution in [0.5, 0.6) is 0 Å². The molecule has 0 heterocycles. The maximum Gasteiger partial charge on any atom is 0.261 e. The number of hydrogen-bond acceptors (Lipinski definition) is 3. The molecule has 2 aromatic carbocycles. The third kappa shape index (κ3) is 2.93. The first-order chi connectivity index (χ1) is 9.44. The van der Waals surface area contributed by atoms with E-state index in [2.05, 4.69) is 4.72 Å². The number of rotatable bonds is 3. The molecule has 0 aliphatic rings. The Balaban J connectivity index is 2.42. The lowest BCUT2D eigenvalue weighted by atomic mass is 10.1. The number of anilines is 1. The molecule has 0 saturated heterocycles. The van der Waals surface area contributed by atoms with Gasteiger partial charge >= 0.3 is 0 Å². The number of sulfonamides is 1. The molecule has 4 nitrogen and oxygen atoms in total. The van der Waals surface area contributed by atoms with Crippen molar-refractivity contribution in [2.45, 2.75) is 11.8 Å². The van der Waals surface area contributed by atoms with Gasteiger partial charge in [-0.2, -0.15) is 5.26 Å². The highest BCUT2D eigenvalue weighted by atomic mass is 35.5. The molecule has 1 N–H and O–H groups in total. The first-order valence-corrected chi connectivity index (χ1v) is 7.58. The summed E-state index contributed by atoms with van der Waals surface area (Å²) in [6.45, 7) is 1.75. The Morgan fingerprint density at radius 1 is 1.15 bits per heavy atom. The summed E-state index contributed by atoms with van der Waals surface area (Å²) in [4.78, 5) is 0.0901. The molecule has 0 bridgehead atoms. The van der Waals surface area contributed by atoms with E-state index in [0.717, 1.165) is 0 Å². The molecule has 0 aliphatic heterocycles. The Labute approximate surface area is 122 Å². The zero-order chi connectivity index (χ0) is 14.8. The average molecular weight is 307 g/mol. The molecule has 0 atom stereocenters. The number of hydrogen-bond donors (Lipinski definition) is 1. The molecular formula is C14H11ClN2O2S. The highest BCUT2D eigenvalue weighted by molar-refractivity contribution is 7.92. The molecule has 2 aromatic rings. The van der Waals surface area contributed by atoms with Gasteiger partial charge in [0.25, 0.3) is 10.0 Å². The normalized spacial score (nSPS) is 10.8. The molecule has 0 spiro atoms. The number of nitrogens with one attached hydrogen (secondary N) is 1. The number of nitrogens with zero attached hydrogens (tertiary/aromatic N) is 1. The Bertz CT molecular complexity index is 778. The monoisotopic (exact) mass is 306 g/mol. The van der Waals surface area contributed by atoms with Gasteiger partial charge in [-0.25, -0.2) is 8.42 Å². The van der Waals surface area contributed by atoms with Gasteiger partial charge in [0.1, 0.15) is 6.07 Å². The Hall–Kier alpha value is -2.03. The van der Waals surface area contributed by atoms with E-state index in [1.54, 1.807) is 25.1 Å². The third-order valence-corrected chi connectivity index (χ3v) is 4.39. The van der Waals surface area contributed by atoms with Crippen LogP contribution in [0.4, 0.5) is 5.69 Å². The van der Waals surface area contributed by atoms with Crippen LogP contribution in [0.1, 0.15) is 11.1 Å². The first-order valence-electron chi connectivity index (χ1n) is 5.72. The van der Waals surface area contributed by atoms with Crippen LogP contribution in [0.25, 0.3) is 0 Å². The third-order valence-electron chi connectivity index (χ3n) is 2.75. The molecule has 0 fully saturated rings. The zero-order valence-corrected chi connectivity index (χ0v) is 12.2. The van der Waals surface area contributed by atoms with Gasteiger partial charge in [0.05, 0.1) is 16.1 Å². The average Bonchev–Trinajstić information content (AvgIpc) is 2.39. The summed E-state index contributed by atoms with van der Waals surface area (Å²) >= 11 is 5.73. The zero-order valence-electron chi connectivity index (χ0n) is 10.6. The summed E-state index contributed by atoms with van der Waals surface area (Å²) in [5.41, 5.74) is 1.29. The van der Waals surface area contributed by atoms with Crippen molar-refractivity contribution in [2.24, 2.45) is 0 Å². The number of halogens is 1. The predicted octanol–water partition coefficient (Wildman–Crippen LogP) is 3.32. The van der Waals surface area contributed by atoms with Gasteiger partial charge in [-0.05, 0) is 42.8 Å². The fourth-order valence-corrected chi connectivity index (χ4v) is 2.92. The first kappa shape index (κ1) is 14.4. The largest absolute Gasteiger partial charge is 0.278 e. The van der Waals surface area contributed by atoms with Crippen molar-refractivity contribution in [1.29, 1.82) is 5.26 Å². The maximum absolute atomic E-state index is 12.2. The van der Waals surface area contributed by atoms with Crippen LogP contribution in [0.2, 0.25) is 5.02 Å². The maximum atomic E-state index is 12.2. The molecule has 0 aliphatic carbocycles. The van der Waals surface area contributed by atoms with Crippen LogP contribution in [0.15, 0.2) is 47.4 Å². The van der Waals surface area contributed by atoms with Crippen LogP contribution in [0.3, 0.4) is 0 Å². The Kier molecular flexibility index (Phi) is 3.98. The lowest BCUT2D eigenvalue weighted by molar-refractivity contribution is 0.601. The van der Waals surface area contributed by atoms with Gasteiger partial charge in [-0.15, -0.1) is 0 Å². The second-order valence-electron chi connectivity index (χ2n) is 4.17. The van der Waals surface area contributed by atoms with E-state index in [1.165, 1.54) is 24.3 Å². The number of benzene rings is 2. The summed E-state index contributed by atoms with van der Waals surface area (Å²) in [6.07, 6.45) is 0. The highest BCUT2D eigenvalue weighted by Crippen LogP contribution is 2.22. The van der Waals surface area contributed by atoms with Crippen LogP contribution in [-0.4, -0.2) is 8.42 Å². The van der Waals surface area contributed by atoms with Crippen molar-refractivity contribution >= 4 is 27.3 Å². The number of aryl methyl sites for hydroxylation is 1. The summed E-state index contributed by atoms with van der Waals surface area (Å²) in [6, 6.07) is 12.8. The molecule has 0 saturated carbocycles. The molecule has 0 unspecified atom stereocenters. The van der Waals surface area contributed by atoms with E-state index in [1.807, 2.05) is 6.07 Å².